The van der Waals surface area contributed by atoms with E-state index in [0.717, 1.165) is 19.3 Å². The van der Waals surface area contributed by atoms with Crippen LogP contribution >= 0.6 is 47.0 Å². The van der Waals surface area contributed by atoms with Gasteiger partial charge in [0.1, 0.15) is 0 Å². The van der Waals surface area contributed by atoms with Crippen LogP contribution in [-0.2, 0) is 9.33 Å². The van der Waals surface area contributed by atoms with E-state index in [1.54, 1.807) is 4.57 Å². The topological polar surface area (TPSA) is 48.0 Å². The molecule has 0 saturated heterocycles. The first-order chi connectivity index (χ1) is 10.3. The van der Waals surface area contributed by atoms with E-state index < -0.39 is 9.48 Å². The Morgan fingerprint density at radius 1 is 1.14 bits per heavy atom. The Kier molecular flexibility index (Phi) is 3.47. The summed E-state index contributed by atoms with van der Waals surface area (Å²) in [5, 5.41) is 0. The van der Waals surface area contributed by atoms with Crippen molar-refractivity contribution in [3.63, 3.8) is 0 Å². The molecule has 1 aromatic rings. The first-order valence-electron chi connectivity index (χ1n) is 7.49. The molecule has 0 amide bonds. The van der Waals surface area contributed by atoms with Crippen molar-refractivity contribution in [1.82, 2.24) is 9.55 Å². The zero-order valence-electron chi connectivity index (χ0n) is 11.7. The third-order valence-corrected chi connectivity index (χ3v) is 6.23. The summed E-state index contributed by atoms with van der Waals surface area (Å²) in [5.41, 5.74) is -0.703. The predicted molar refractivity (Wildman–Crippen MR) is 87.0 cm³/mol. The molecule has 4 nitrogen and oxygen atoms in total. The molecule has 0 N–H and O–H groups in total. The molecule has 1 aromatic heterocycles. The smallest absolute Gasteiger partial charge is 0.354 e. The maximum atomic E-state index is 12.6. The first kappa shape index (κ1) is 15.4. The first-order valence-corrected chi connectivity index (χ1v) is 9.03. The minimum Gasteiger partial charge on any atom is -0.411 e. The van der Waals surface area contributed by atoms with Crippen molar-refractivity contribution in [3.05, 3.63) is 21.2 Å². The molecule has 120 valence electrons. The molecule has 0 spiro atoms. The molecule has 1 heterocycles. The van der Waals surface area contributed by atoms with Gasteiger partial charge in [-0.15, -0.1) is 0 Å². The Labute approximate surface area is 147 Å². The molecule has 8 heteroatoms. The van der Waals surface area contributed by atoms with Crippen LogP contribution in [0.25, 0.3) is 0 Å². The predicted octanol–water partition coefficient (Wildman–Crippen LogP) is 4.32. The second-order valence-corrected chi connectivity index (χ2v) is 9.67. The summed E-state index contributed by atoms with van der Waals surface area (Å²) in [6.07, 6.45) is 6.76. The summed E-state index contributed by atoms with van der Waals surface area (Å²) in [7, 11) is 0. The molecule has 0 unspecified atom stereocenters. The van der Waals surface area contributed by atoms with Gasteiger partial charge < -0.3 is 4.42 Å². The maximum Gasteiger partial charge on any atom is 0.354 e. The third-order valence-electron chi connectivity index (χ3n) is 5.48. The Bertz CT molecular complexity index is 670. The summed E-state index contributed by atoms with van der Waals surface area (Å²) in [6, 6.07) is 0. The Morgan fingerprint density at radius 3 is 2.05 bits per heavy atom. The van der Waals surface area contributed by atoms with E-state index in [2.05, 4.69) is 4.98 Å². The highest BCUT2D eigenvalue weighted by atomic mass is 35.6. The molecular weight excluding hydrogens is 367 g/mol. The summed E-state index contributed by atoms with van der Waals surface area (Å²) in [5.74, 6) is 1.79. The van der Waals surface area contributed by atoms with E-state index in [1.165, 1.54) is 19.3 Å². The van der Waals surface area contributed by atoms with E-state index in [0.29, 0.717) is 17.8 Å². The Balaban J connectivity index is 1.84. The molecule has 4 aliphatic rings. The summed E-state index contributed by atoms with van der Waals surface area (Å²) < 4.78 is 5.09. The van der Waals surface area contributed by atoms with E-state index in [-0.39, 0.29) is 16.3 Å². The zero-order chi connectivity index (χ0) is 15.7. The lowest BCUT2D eigenvalue weighted by molar-refractivity contribution is -0.0497. The van der Waals surface area contributed by atoms with Crippen molar-refractivity contribution in [2.75, 3.05) is 0 Å². The van der Waals surface area contributed by atoms with E-state index in [9.17, 15) is 4.79 Å². The van der Waals surface area contributed by atoms with Gasteiger partial charge in [-0.25, -0.2) is 9.36 Å². The minimum atomic E-state index is -1.88. The lowest BCUT2D eigenvalue weighted by Crippen LogP contribution is -2.55. The lowest BCUT2D eigenvalue weighted by atomic mass is 9.53. The molecule has 0 aliphatic heterocycles. The van der Waals surface area contributed by atoms with Gasteiger partial charge in [0.05, 0.1) is 5.54 Å². The van der Waals surface area contributed by atoms with E-state index >= 15 is 0 Å². The van der Waals surface area contributed by atoms with Gasteiger partial charge in [-0.1, -0.05) is 34.8 Å². The molecule has 0 aromatic carbocycles. The molecule has 0 radical (unpaired) electrons. The third kappa shape index (κ3) is 2.36. The molecule has 0 atom stereocenters. The van der Waals surface area contributed by atoms with Crippen molar-refractivity contribution in [3.8, 4) is 0 Å². The van der Waals surface area contributed by atoms with Gasteiger partial charge in [0.25, 0.3) is 14.5 Å². The van der Waals surface area contributed by atoms with Crippen LogP contribution in [0.1, 0.15) is 44.4 Å². The van der Waals surface area contributed by atoms with Crippen LogP contribution in [0.4, 0.5) is 0 Å². The Morgan fingerprint density at radius 2 is 1.64 bits per heavy atom. The van der Waals surface area contributed by atoms with E-state index in [4.69, 9.17) is 51.4 Å². The SMILES string of the molecule is O=c1nc(C(Cl)(Cl)Cl)oc(=S)n1C12CC3CC(CC(C3)C1)C2. The van der Waals surface area contributed by atoms with E-state index in [1.807, 2.05) is 0 Å². The average molecular weight is 382 g/mol. The zero-order valence-corrected chi connectivity index (χ0v) is 14.8. The minimum absolute atomic E-state index is 0.0725. The quantitative estimate of drug-likeness (QED) is 0.537. The van der Waals surface area contributed by atoms with Crippen LogP contribution in [0.15, 0.2) is 9.21 Å². The number of nitrogens with zero attached hydrogens (tertiary/aromatic N) is 2. The standard InChI is InChI=1S/C14H15Cl3N2O2S/c15-14(16,17)10-18-11(20)19(12(22)21-10)13-4-7-1-8(5-13)3-9(2-7)6-13/h7-9H,1-6H2. The fraction of sp³-hybridized carbons (Fsp3) is 0.786. The second-order valence-electron chi connectivity index (χ2n) is 7.04. The van der Waals surface area contributed by atoms with Crippen LogP contribution in [0.2, 0.25) is 0 Å². The number of rotatable bonds is 1. The van der Waals surface area contributed by atoms with Crippen molar-refractivity contribution in [2.45, 2.75) is 47.9 Å². The van der Waals surface area contributed by atoms with Gasteiger partial charge in [0.2, 0.25) is 0 Å². The molecular formula is C14H15Cl3N2O2S. The molecule has 22 heavy (non-hydrogen) atoms. The van der Waals surface area contributed by atoms with Crippen LogP contribution < -0.4 is 5.69 Å². The van der Waals surface area contributed by atoms with Crippen molar-refractivity contribution >= 4 is 47.0 Å². The van der Waals surface area contributed by atoms with Gasteiger partial charge in [-0.2, -0.15) is 4.98 Å². The van der Waals surface area contributed by atoms with Gasteiger partial charge in [0.15, 0.2) is 0 Å². The summed E-state index contributed by atoms with van der Waals surface area (Å²) >= 11 is 22.6. The fourth-order valence-electron chi connectivity index (χ4n) is 5.22. The lowest BCUT2D eigenvalue weighted by Gasteiger charge is -2.56. The van der Waals surface area contributed by atoms with Crippen LogP contribution in [0, 0.1) is 22.6 Å². The molecule has 5 rings (SSSR count). The van der Waals surface area contributed by atoms with Crippen LogP contribution in [-0.4, -0.2) is 9.55 Å². The number of halogens is 3. The summed E-state index contributed by atoms with van der Waals surface area (Å²) in [4.78, 5) is 16.5. The van der Waals surface area contributed by atoms with Gasteiger partial charge >= 0.3 is 5.69 Å². The fourth-order valence-corrected chi connectivity index (χ4v) is 5.82. The van der Waals surface area contributed by atoms with Crippen molar-refractivity contribution in [2.24, 2.45) is 17.8 Å². The van der Waals surface area contributed by atoms with Gasteiger partial charge in [-0.3, -0.25) is 0 Å². The largest absolute Gasteiger partial charge is 0.411 e. The van der Waals surface area contributed by atoms with Crippen molar-refractivity contribution in [1.29, 1.82) is 0 Å². The van der Waals surface area contributed by atoms with Crippen LogP contribution in [0.5, 0.6) is 0 Å². The highest BCUT2D eigenvalue weighted by Gasteiger charge is 2.53. The monoisotopic (exact) mass is 380 g/mol. The molecule has 4 saturated carbocycles. The van der Waals surface area contributed by atoms with Gasteiger partial charge in [-0.05, 0) is 68.5 Å². The Hall–Kier alpha value is -0.100. The normalized spacial score (nSPS) is 36.8. The average Bonchev–Trinajstić information content (AvgIpc) is 2.34. The second kappa shape index (κ2) is 4.95. The highest BCUT2D eigenvalue weighted by molar-refractivity contribution is 7.71. The summed E-state index contributed by atoms with van der Waals surface area (Å²) in [6.45, 7) is 0. The van der Waals surface area contributed by atoms with Crippen molar-refractivity contribution < 1.29 is 4.42 Å². The molecule has 4 fully saturated rings. The highest BCUT2D eigenvalue weighted by Crippen LogP contribution is 2.58. The molecule has 4 bridgehead atoms. The maximum absolute atomic E-state index is 12.6. The van der Waals surface area contributed by atoms with Gasteiger partial charge in [0, 0.05) is 0 Å². The number of hydrogen-bond donors (Lipinski definition) is 0. The number of hydrogen-bond acceptors (Lipinski definition) is 4. The number of alkyl halides is 3. The van der Waals surface area contributed by atoms with Crippen LogP contribution in [0.3, 0.4) is 0 Å². The molecule has 4 aliphatic carbocycles. The number of aromatic nitrogens is 2.